The van der Waals surface area contributed by atoms with Gasteiger partial charge in [-0.2, -0.15) is 0 Å². The number of hydrogen-bond acceptors (Lipinski definition) is 4. The number of carbonyl (C=O) groups excluding carboxylic acids is 1. The van der Waals surface area contributed by atoms with E-state index in [9.17, 15) is 13.6 Å². The Labute approximate surface area is 143 Å². The van der Waals surface area contributed by atoms with Crippen LogP contribution in [0.25, 0.3) is 0 Å². The Hall–Kier alpha value is -2.28. The van der Waals surface area contributed by atoms with Gasteiger partial charge in [-0.25, -0.2) is 8.78 Å². The van der Waals surface area contributed by atoms with Crippen LogP contribution in [0.1, 0.15) is 0 Å². The Kier molecular flexibility index (Phi) is 6.87. The largest absolute Gasteiger partial charge is 0.493 e. The highest BCUT2D eigenvalue weighted by atomic mass is 32.2. The normalized spacial score (nSPS) is 10.3. The highest BCUT2D eigenvalue weighted by molar-refractivity contribution is 8.00. The summed E-state index contributed by atoms with van der Waals surface area (Å²) in [4.78, 5) is 12.0. The van der Waals surface area contributed by atoms with E-state index >= 15 is 0 Å². The summed E-state index contributed by atoms with van der Waals surface area (Å²) in [6.07, 6.45) is 0. The summed E-state index contributed by atoms with van der Waals surface area (Å²) in [7, 11) is 1.55. The first-order chi connectivity index (χ1) is 11.6. The maximum Gasteiger partial charge on any atom is 0.230 e. The first kappa shape index (κ1) is 18.1. The van der Waals surface area contributed by atoms with Crippen molar-refractivity contribution >= 4 is 17.7 Å². The molecular weight excluding hydrogens is 336 g/mol. The number of para-hydroxylation sites is 2. The second kappa shape index (κ2) is 9.12. The van der Waals surface area contributed by atoms with Gasteiger partial charge in [0.25, 0.3) is 0 Å². The highest BCUT2D eigenvalue weighted by Crippen LogP contribution is 2.25. The highest BCUT2D eigenvalue weighted by Gasteiger charge is 2.08. The van der Waals surface area contributed by atoms with E-state index in [1.807, 2.05) is 12.1 Å². The third kappa shape index (κ3) is 5.42. The van der Waals surface area contributed by atoms with E-state index in [0.29, 0.717) is 18.0 Å². The van der Waals surface area contributed by atoms with Crippen LogP contribution in [0.2, 0.25) is 0 Å². The van der Waals surface area contributed by atoms with Crippen LogP contribution in [0.3, 0.4) is 0 Å². The molecule has 0 aliphatic rings. The molecule has 0 unspecified atom stereocenters. The summed E-state index contributed by atoms with van der Waals surface area (Å²) in [5, 5.41) is 2.67. The van der Waals surface area contributed by atoms with E-state index in [0.717, 1.165) is 23.9 Å². The lowest BCUT2D eigenvalue weighted by molar-refractivity contribution is -0.118. The zero-order chi connectivity index (χ0) is 17.4. The van der Waals surface area contributed by atoms with E-state index in [1.54, 1.807) is 19.2 Å². The molecule has 0 heterocycles. The number of halogens is 2. The van der Waals surface area contributed by atoms with Gasteiger partial charge in [-0.1, -0.05) is 12.1 Å². The number of methoxy groups -OCH3 is 1. The van der Waals surface area contributed by atoms with Crippen molar-refractivity contribution in [1.82, 2.24) is 5.32 Å². The van der Waals surface area contributed by atoms with Gasteiger partial charge in [0.2, 0.25) is 5.91 Å². The smallest absolute Gasteiger partial charge is 0.230 e. The van der Waals surface area contributed by atoms with Gasteiger partial charge >= 0.3 is 0 Å². The van der Waals surface area contributed by atoms with Gasteiger partial charge in [0, 0.05) is 11.0 Å². The van der Waals surface area contributed by atoms with Crippen LogP contribution < -0.4 is 14.8 Å². The lowest BCUT2D eigenvalue weighted by Gasteiger charge is -2.10. The average Bonchev–Trinajstić information content (AvgIpc) is 2.58. The van der Waals surface area contributed by atoms with Crippen molar-refractivity contribution in [2.45, 2.75) is 4.90 Å². The van der Waals surface area contributed by atoms with Gasteiger partial charge < -0.3 is 14.8 Å². The summed E-state index contributed by atoms with van der Waals surface area (Å²) in [5.74, 6) is -0.324. The number of carbonyl (C=O) groups is 1. The van der Waals surface area contributed by atoms with Gasteiger partial charge in [0.1, 0.15) is 18.2 Å². The van der Waals surface area contributed by atoms with E-state index in [4.69, 9.17) is 9.47 Å². The molecule has 0 radical (unpaired) electrons. The van der Waals surface area contributed by atoms with Crippen molar-refractivity contribution in [2.75, 3.05) is 26.0 Å². The Morgan fingerprint density at radius 1 is 1.17 bits per heavy atom. The summed E-state index contributed by atoms with van der Waals surface area (Å²) in [6.45, 7) is 0.588. The molecule has 128 valence electrons. The number of thioether (sulfide) groups is 1. The maximum atomic E-state index is 13.4. The van der Waals surface area contributed by atoms with Crippen molar-refractivity contribution < 1.29 is 23.0 Å². The van der Waals surface area contributed by atoms with Crippen molar-refractivity contribution in [2.24, 2.45) is 0 Å². The van der Waals surface area contributed by atoms with Gasteiger partial charge in [0.05, 0.1) is 19.4 Å². The Bertz CT molecular complexity index is 697. The summed E-state index contributed by atoms with van der Waals surface area (Å²) >= 11 is 1.01. The Balaban J connectivity index is 1.70. The molecule has 1 N–H and O–H groups in total. The molecule has 1 amide bonds. The zero-order valence-corrected chi connectivity index (χ0v) is 13.9. The molecule has 0 saturated carbocycles. The molecule has 0 spiro atoms. The fraction of sp³-hybridized carbons (Fsp3) is 0.235. The first-order valence-corrected chi connectivity index (χ1v) is 8.19. The summed E-state index contributed by atoms with van der Waals surface area (Å²) < 4.78 is 36.9. The van der Waals surface area contributed by atoms with Crippen molar-refractivity contribution in [3.8, 4) is 11.5 Å². The SMILES string of the molecule is COc1ccccc1OCCNC(=O)CSc1ccc(F)cc1F. The minimum Gasteiger partial charge on any atom is -0.493 e. The lowest BCUT2D eigenvalue weighted by atomic mass is 10.3. The second-order valence-electron chi connectivity index (χ2n) is 4.71. The number of hydrogen-bond donors (Lipinski definition) is 1. The van der Waals surface area contributed by atoms with Gasteiger partial charge in [-0.05, 0) is 24.3 Å². The molecule has 2 aromatic rings. The molecule has 0 atom stereocenters. The fourth-order valence-electron chi connectivity index (χ4n) is 1.88. The number of ether oxygens (including phenoxy) is 2. The van der Waals surface area contributed by atoms with Crippen LogP contribution in [0.15, 0.2) is 47.4 Å². The molecule has 0 aromatic heterocycles. The predicted octanol–water partition coefficient (Wildman–Crippen LogP) is 3.26. The first-order valence-electron chi connectivity index (χ1n) is 7.20. The lowest BCUT2D eigenvalue weighted by Crippen LogP contribution is -2.29. The van der Waals surface area contributed by atoms with Crippen LogP contribution in [0, 0.1) is 11.6 Å². The molecule has 0 bridgehead atoms. The van der Waals surface area contributed by atoms with Crippen LogP contribution >= 0.6 is 11.8 Å². The molecule has 2 rings (SSSR count). The molecule has 0 fully saturated rings. The molecule has 7 heteroatoms. The molecule has 24 heavy (non-hydrogen) atoms. The molecule has 0 aliphatic carbocycles. The zero-order valence-electron chi connectivity index (χ0n) is 13.1. The standard InChI is InChI=1S/C17H17F2NO3S/c1-22-14-4-2-3-5-15(14)23-9-8-20-17(21)11-24-16-7-6-12(18)10-13(16)19/h2-7,10H,8-9,11H2,1H3,(H,20,21). The molecule has 0 saturated heterocycles. The third-order valence-corrected chi connectivity index (χ3v) is 4.05. The van der Waals surface area contributed by atoms with Crippen molar-refractivity contribution in [1.29, 1.82) is 0 Å². The minimum atomic E-state index is -0.674. The Morgan fingerprint density at radius 3 is 2.62 bits per heavy atom. The number of amides is 1. The van der Waals surface area contributed by atoms with Gasteiger partial charge in [0.15, 0.2) is 11.5 Å². The number of nitrogens with one attached hydrogen (secondary N) is 1. The monoisotopic (exact) mass is 353 g/mol. The van der Waals surface area contributed by atoms with Crippen LogP contribution in [-0.2, 0) is 4.79 Å². The minimum absolute atomic E-state index is 0.0389. The molecule has 2 aromatic carbocycles. The predicted molar refractivity (Wildman–Crippen MR) is 88.6 cm³/mol. The van der Waals surface area contributed by atoms with Crippen LogP contribution in [0.4, 0.5) is 8.78 Å². The summed E-state index contributed by atoms with van der Waals surface area (Å²) in [5.41, 5.74) is 0. The number of benzene rings is 2. The van der Waals surface area contributed by atoms with E-state index in [-0.39, 0.29) is 23.2 Å². The van der Waals surface area contributed by atoms with E-state index < -0.39 is 11.6 Å². The maximum absolute atomic E-state index is 13.4. The average molecular weight is 353 g/mol. The van der Waals surface area contributed by atoms with Gasteiger partial charge in [-0.15, -0.1) is 11.8 Å². The summed E-state index contributed by atoms with van der Waals surface area (Å²) in [6, 6.07) is 10.5. The fourth-order valence-corrected chi connectivity index (χ4v) is 2.63. The molecular formula is C17H17F2NO3S. The third-order valence-electron chi connectivity index (χ3n) is 3.00. The van der Waals surface area contributed by atoms with Crippen molar-refractivity contribution in [3.05, 3.63) is 54.1 Å². The quantitative estimate of drug-likeness (QED) is 0.585. The Morgan fingerprint density at radius 2 is 1.92 bits per heavy atom. The molecule has 0 aliphatic heterocycles. The topological polar surface area (TPSA) is 47.6 Å². The van der Waals surface area contributed by atoms with Crippen LogP contribution in [0.5, 0.6) is 11.5 Å². The van der Waals surface area contributed by atoms with E-state index in [2.05, 4.69) is 5.32 Å². The van der Waals surface area contributed by atoms with Crippen molar-refractivity contribution in [3.63, 3.8) is 0 Å². The number of rotatable bonds is 8. The van der Waals surface area contributed by atoms with Gasteiger partial charge in [-0.3, -0.25) is 4.79 Å². The molecule has 4 nitrogen and oxygen atoms in total. The van der Waals surface area contributed by atoms with E-state index in [1.165, 1.54) is 6.07 Å². The second-order valence-corrected chi connectivity index (χ2v) is 5.73. The van der Waals surface area contributed by atoms with Crippen LogP contribution in [-0.4, -0.2) is 31.9 Å².